The van der Waals surface area contributed by atoms with Gasteiger partial charge in [0.1, 0.15) is 6.10 Å². The molecule has 1 heterocycles. The molecule has 1 fully saturated rings. The normalized spacial score (nSPS) is 17.7. The lowest BCUT2D eigenvalue weighted by Gasteiger charge is -2.35. The van der Waals surface area contributed by atoms with Crippen LogP contribution < -0.4 is 10.0 Å². The number of nitrogens with one attached hydrogen (secondary N) is 2. The van der Waals surface area contributed by atoms with Crippen LogP contribution in [0.25, 0.3) is 0 Å². The molecule has 1 aliphatic heterocycles. The van der Waals surface area contributed by atoms with Crippen molar-refractivity contribution >= 4 is 16.0 Å². The van der Waals surface area contributed by atoms with Gasteiger partial charge in [-0.15, -0.1) is 0 Å². The molecule has 0 aliphatic carbocycles. The molecule has 1 aliphatic rings. The highest BCUT2D eigenvalue weighted by atomic mass is 32.2. The number of nitrogens with zero attached hydrogens (tertiary/aromatic N) is 2. The Morgan fingerprint density at radius 1 is 1.17 bits per heavy atom. The molecule has 0 amide bonds. The lowest BCUT2D eigenvalue weighted by Crippen LogP contribution is -2.48. The highest BCUT2D eigenvalue weighted by Gasteiger charge is 2.25. The summed E-state index contributed by atoms with van der Waals surface area (Å²) in [5, 5.41) is 3.31. The van der Waals surface area contributed by atoms with Crippen LogP contribution >= 0.6 is 0 Å². The Labute approximate surface area is 179 Å². The second-order valence-corrected chi connectivity index (χ2v) is 8.88. The first kappa shape index (κ1) is 22.3. The number of aliphatic imine (C=N–C) groups is 1. The predicted molar refractivity (Wildman–Crippen MR) is 119 cm³/mol. The van der Waals surface area contributed by atoms with Crippen molar-refractivity contribution in [1.82, 2.24) is 14.9 Å². The minimum Gasteiger partial charge on any atom is -0.370 e. The Kier molecular flexibility index (Phi) is 7.84. The maximum absolute atomic E-state index is 12.3. The summed E-state index contributed by atoms with van der Waals surface area (Å²) < 4.78 is 33.3. The van der Waals surface area contributed by atoms with Crippen LogP contribution in [0, 0.1) is 6.92 Å². The van der Waals surface area contributed by atoms with E-state index in [1.54, 1.807) is 30.3 Å². The number of hydrogen-bond acceptors (Lipinski definition) is 4. The van der Waals surface area contributed by atoms with E-state index < -0.39 is 10.0 Å². The fourth-order valence-electron chi connectivity index (χ4n) is 3.43. The zero-order valence-electron chi connectivity index (χ0n) is 17.5. The van der Waals surface area contributed by atoms with Crippen molar-refractivity contribution < 1.29 is 13.2 Å². The summed E-state index contributed by atoms with van der Waals surface area (Å²) in [7, 11) is -3.52. The molecule has 2 aromatic rings. The topological polar surface area (TPSA) is 83.0 Å². The van der Waals surface area contributed by atoms with Crippen LogP contribution in [-0.4, -0.2) is 58.6 Å². The molecular weight excluding hydrogens is 400 g/mol. The Balaban J connectivity index is 1.62. The van der Waals surface area contributed by atoms with Crippen molar-refractivity contribution in [2.45, 2.75) is 24.8 Å². The first-order valence-corrected chi connectivity index (χ1v) is 11.7. The third-order valence-corrected chi connectivity index (χ3v) is 6.43. The molecule has 1 unspecified atom stereocenters. The first-order chi connectivity index (χ1) is 14.5. The van der Waals surface area contributed by atoms with Gasteiger partial charge >= 0.3 is 0 Å². The second-order valence-electron chi connectivity index (χ2n) is 7.11. The number of morpholine rings is 1. The molecule has 0 bridgehead atoms. The summed E-state index contributed by atoms with van der Waals surface area (Å²) >= 11 is 0. The largest absolute Gasteiger partial charge is 0.370 e. The van der Waals surface area contributed by atoms with E-state index in [2.05, 4.69) is 39.0 Å². The molecule has 8 heteroatoms. The van der Waals surface area contributed by atoms with Crippen LogP contribution in [0.15, 0.2) is 64.5 Å². The van der Waals surface area contributed by atoms with Gasteiger partial charge in [-0.3, -0.25) is 4.99 Å². The van der Waals surface area contributed by atoms with Crippen LogP contribution in [0.3, 0.4) is 0 Å². The highest BCUT2D eigenvalue weighted by Crippen LogP contribution is 2.24. The van der Waals surface area contributed by atoms with E-state index in [9.17, 15) is 8.42 Å². The second kappa shape index (κ2) is 10.6. The van der Waals surface area contributed by atoms with E-state index in [-0.39, 0.29) is 17.5 Å². The number of sulfonamides is 1. The summed E-state index contributed by atoms with van der Waals surface area (Å²) in [6.45, 7) is 7.49. The summed E-state index contributed by atoms with van der Waals surface area (Å²) in [4.78, 5) is 7.07. The lowest BCUT2D eigenvalue weighted by atomic mass is 10.0. The molecule has 0 aromatic heterocycles. The number of aryl methyl sites for hydroxylation is 1. The smallest absolute Gasteiger partial charge is 0.240 e. The van der Waals surface area contributed by atoms with Crippen LogP contribution in [0.5, 0.6) is 0 Å². The fraction of sp³-hybridized carbons (Fsp3) is 0.409. The molecule has 7 nitrogen and oxygen atoms in total. The molecule has 0 spiro atoms. The molecule has 2 N–H and O–H groups in total. The van der Waals surface area contributed by atoms with E-state index >= 15 is 0 Å². The van der Waals surface area contributed by atoms with Crippen molar-refractivity contribution in [2.24, 2.45) is 4.99 Å². The Morgan fingerprint density at radius 2 is 1.90 bits per heavy atom. The van der Waals surface area contributed by atoms with E-state index in [1.165, 1.54) is 11.1 Å². The van der Waals surface area contributed by atoms with Gasteiger partial charge in [0.05, 0.1) is 24.6 Å². The summed E-state index contributed by atoms with van der Waals surface area (Å²) in [6.07, 6.45) is -0.0135. The van der Waals surface area contributed by atoms with E-state index in [0.717, 1.165) is 19.0 Å². The van der Waals surface area contributed by atoms with Crippen molar-refractivity contribution in [3.05, 3.63) is 65.7 Å². The fourth-order valence-corrected chi connectivity index (χ4v) is 4.47. The van der Waals surface area contributed by atoms with Crippen LogP contribution in [0.1, 0.15) is 24.2 Å². The van der Waals surface area contributed by atoms with Gasteiger partial charge < -0.3 is 15.0 Å². The molecular formula is C22H30N4O3S. The lowest BCUT2D eigenvalue weighted by molar-refractivity contribution is -0.00832. The highest BCUT2D eigenvalue weighted by molar-refractivity contribution is 7.89. The van der Waals surface area contributed by atoms with Gasteiger partial charge in [-0.25, -0.2) is 13.1 Å². The molecule has 3 rings (SSSR count). The monoisotopic (exact) mass is 430 g/mol. The van der Waals surface area contributed by atoms with Crippen molar-refractivity contribution in [3.8, 4) is 0 Å². The molecule has 0 radical (unpaired) electrons. The minimum atomic E-state index is -3.52. The number of ether oxygens (including phenoxy) is 1. The number of benzene rings is 2. The number of rotatable bonds is 7. The zero-order chi connectivity index (χ0) is 21.4. The van der Waals surface area contributed by atoms with Crippen molar-refractivity contribution in [3.63, 3.8) is 0 Å². The van der Waals surface area contributed by atoms with Gasteiger partial charge in [0.2, 0.25) is 10.0 Å². The van der Waals surface area contributed by atoms with Crippen LogP contribution in [-0.2, 0) is 14.8 Å². The Morgan fingerprint density at radius 3 is 2.63 bits per heavy atom. The molecule has 1 atom stereocenters. The van der Waals surface area contributed by atoms with Gasteiger partial charge in [-0.1, -0.05) is 42.5 Å². The van der Waals surface area contributed by atoms with E-state index in [0.29, 0.717) is 19.7 Å². The van der Waals surface area contributed by atoms with Crippen LogP contribution in [0.4, 0.5) is 0 Å². The van der Waals surface area contributed by atoms with E-state index in [4.69, 9.17) is 4.74 Å². The minimum absolute atomic E-state index is 0.0135. The van der Waals surface area contributed by atoms with Gasteiger partial charge in [0, 0.05) is 19.6 Å². The molecule has 0 saturated carbocycles. The van der Waals surface area contributed by atoms with Crippen LogP contribution in [0.2, 0.25) is 0 Å². The third kappa shape index (κ3) is 5.81. The SMILES string of the molecule is CCNC(=NCCNS(=O)(=O)c1ccccc1)N1CCOC(c2ccccc2C)C1. The predicted octanol–water partition coefficient (Wildman–Crippen LogP) is 2.31. The zero-order valence-corrected chi connectivity index (χ0v) is 18.4. The summed E-state index contributed by atoms with van der Waals surface area (Å²) in [5.41, 5.74) is 2.40. The van der Waals surface area contributed by atoms with Gasteiger partial charge in [-0.2, -0.15) is 0 Å². The van der Waals surface area contributed by atoms with Gasteiger partial charge in [0.25, 0.3) is 0 Å². The van der Waals surface area contributed by atoms with Crippen molar-refractivity contribution in [2.75, 3.05) is 39.3 Å². The third-order valence-electron chi connectivity index (χ3n) is 4.96. The first-order valence-electron chi connectivity index (χ1n) is 10.3. The standard InChI is InChI=1S/C22H30N4O3S/c1-3-23-22(24-13-14-25-30(27,28)19-10-5-4-6-11-19)26-15-16-29-21(17-26)20-12-8-7-9-18(20)2/h4-12,21,25H,3,13-17H2,1-2H3,(H,23,24). The number of hydrogen-bond donors (Lipinski definition) is 2. The summed E-state index contributed by atoms with van der Waals surface area (Å²) in [6, 6.07) is 16.6. The molecule has 30 heavy (non-hydrogen) atoms. The Bertz CT molecular complexity index is 948. The maximum atomic E-state index is 12.3. The molecule has 2 aromatic carbocycles. The molecule has 162 valence electrons. The molecule has 1 saturated heterocycles. The summed E-state index contributed by atoms with van der Waals surface area (Å²) in [5.74, 6) is 0.776. The van der Waals surface area contributed by atoms with Crippen molar-refractivity contribution in [1.29, 1.82) is 0 Å². The maximum Gasteiger partial charge on any atom is 0.240 e. The van der Waals surface area contributed by atoms with Gasteiger partial charge in [-0.05, 0) is 37.1 Å². The average Bonchev–Trinajstić information content (AvgIpc) is 2.77. The van der Waals surface area contributed by atoms with Gasteiger partial charge in [0.15, 0.2) is 5.96 Å². The Hall–Kier alpha value is -2.42. The number of guanidine groups is 1. The quantitative estimate of drug-likeness (QED) is 0.400. The van der Waals surface area contributed by atoms with E-state index in [1.807, 2.05) is 19.1 Å². The average molecular weight is 431 g/mol.